The molecule has 0 saturated heterocycles. The Labute approximate surface area is 285 Å². The monoisotopic (exact) mass is 629 g/mol. The molecular weight excluding hydrogens is 599 g/mol. The third kappa shape index (κ3) is 5.28. The summed E-state index contributed by atoms with van der Waals surface area (Å²) in [5.74, 6) is 2.91. The number of nitrogens with zero attached hydrogens (tertiary/aromatic N) is 1. The minimum atomic E-state index is 0.664. The van der Waals surface area contributed by atoms with Crippen LogP contribution in [0.5, 0.6) is 23.0 Å². The van der Waals surface area contributed by atoms with Gasteiger partial charge in [0.1, 0.15) is 11.5 Å². The van der Waals surface area contributed by atoms with Crippen LogP contribution in [0.3, 0.4) is 0 Å². The van der Waals surface area contributed by atoms with Crippen LogP contribution < -0.4 is 14.4 Å². The van der Waals surface area contributed by atoms with E-state index in [1.165, 1.54) is 16.7 Å². The summed E-state index contributed by atoms with van der Waals surface area (Å²) in [6, 6.07) is 65.5. The average molecular weight is 630 g/mol. The molecule has 0 fully saturated rings. The Morgan fingerprint density at radius 2 is 0.837 bits per heavy atom. The Hall–Kier alpha value is -6.58. The Bertz CT molecular complexity index is 2430. The van der Waals surface area contributed by atoms with Crippen LogP contribution in [0, 0.1) is 0 Å². The number of hydrogen-bond donors (Lipinski definition) is 0. The van der Waals surface area contributed by atoms with Crippen LogP contribution in [0.1, 0.15) is 0 Å². The molecule has 0 radical (unpaired) electrons. The van der Waals surface area contributed by atoms with Gasteiger partial charge in [-0.3, -0.25) is 0 Å². The zero-order chi connectivity index (χ0) is 32.6. The molecule has 0 amide bonds. The molecule has 3 nitrogen and oxygen atoms in total. The van der Waals surface area contributed by atoms with E-state index in [9.17, 15) is 0 Å². The van der Waals surface area contributed by atoms with E-state index in [2.05, 4.69) is 163 Å². The summed E-state index contributed by atoms with van der Waals surface area (Å²) in [7, 11) is 0. The quantitative estimate of drug-likeness (QED) is 0.183. The van der Waals surface area contributed by atoms with Crippen molar-refractivity contribution in [1.29, 1.82) is 0 Å². The topological polar surface area (TPSA) is 21.7 Å². The molecule has 0 aliphatic carbocycles. The van der Waals surface area contributed by atoms with Crippen LogP contribution in [0.25, 0.3) is 44.2 Å². The molecule has 1 aliphatic heterocycles. The Balaban J connectivity index is 1.18. The Kier molecular flexibility index (Phi) is 7.14. The molecule has 0 N–H and O–H groups in total. The lowest BCUT2D eigenvalue weighted by Gasteiger charge is -2.28. The van der Waals surface area contributed by atoms with Crippen LogP contribution in [0.2, 0.25) is 0 Å². The van der Waals surface area contributed by atoms with Gasteiger partial charge in [0.05, 0.1) is 16.8 Å². The van der Waals surface area contributed by atoms with Crippen LogP contribution in [-0.4, -0.2) is 0 Å². The third-order valence-electron chi connectivity index (χ3n) is 9.13. The van der Waals surface area contributed by atoms with Crippen LogP contribution >= 0.6 is 0 Å². The van der Waals surface area contributed by atoms with Crippen molar-refractivity contribution < 1.29 is 9.47 Å². The molecule has 0 spiro atoms. The molecule has 0 unspecified atom stereocenters. The maximum absolute atomic E-state index is 6.63. The molecule has 232 valence electrons. The maximum Gasteiger partial charge on any atom is 0.172 e. The Morgan fingerprint density at radius 1 is 0.327 bits per heavy atom. The van der Waals surface area contributed by atoms with Gasteiger partial charge in [-0.1, -0.05) is 140 Å². The largest absolute Gasteiger partial charge is 0.453 e. The highest BCUT2D eigenvalue weighted by molar-refractivity contribution is 5.95. The van der Waals surface area contributed by atoms with Crippen molar-refractivity contribution >= 4 is 27.8 Å². The first-order valence-electron chi connectivity index (χ1n) is 16.5. The fraction of sp³-hybridized carbons (Fsp3) is 0. The lowest BCUT2D eigenvalue weighted by Crippen LogP contribution is -2.11. The summed E-state index contributed by atoms with van der Waals surface area (Å²) in [5, 5.41) is 2.05. The molecule has 8 aromatic rings. The van der Waals surface area contributed by atoms with Crippen LogP contribution in [0.15, 0.2) is 188 Å². The standard InChI is InChI=1S/C46H31NO2/c1-3-13-32(14-4-1)38-19-7-8-20-39(38)34-25-27-36(28-26-34)47(41-22-10-9-21-40(41)33-15-5-2-6-16-33)37-29-30-42-45(31-37)49-44-24-12-18-35-17-11-23-43(48-42)46(35)44/h1-31H. The first kappa shape index (κ1) is 28.6. The number of ether oxygens (including phenoxy) is 2. The van der Waals surface area contributed by atoms with Crippen molar-refractivity contribution in [3.8, 4) is 56.4 Å². The van der Waals surface area contributed by atoms with Gasteiger partial charge < -0.3 is 14.4 Å². The first-order chi connectivity index (χ1) is 24.3. The number of para-hydroxylation sites is 1. The number of fused-ring (bicyclic) bond motifs is 1. The van der Waals surface area contributed by atoms with Gasteiger partial charge in [0.15, 0.2) is 11.5 Å². The summed E-state index contributed by atoms with van der Waals surface area (Å²) >= 11 is 0. The van der Waals surface area contributed by atoms with E-state index in [1.807, 2.05) is 30.3 Å². The minimum absolute atomic E-state index is 0.664. The smallest absolute Gasteiger partial charge is 0.172 e. The van der Waals surface area contributed by atoms with Gasteiger partial charge in [-0.2, -0.15) is 0 Å². The van der Waals surface area contributed by atoms with E-state index in [1.54, 1.807) is 0 Å². The first-order valence-corrected chi connectivity index (χ1v) is 16.5. The molecule has 1 aliphatic rings. The molecule has 0 atom stereocenters. The molecule has 0 saturated carbocycles. The van der Waals surface area contributed by atoms with Crippen LogP contribution in [-0.2, 0) is 0 Å². The molecular formula is C46H31NO2. The van der Waals surface area contributed by atoms with Gasteiger partial charge in [0.25, 0.3) is 0 Å². The zero-order valence-electron chi connectivity index (χ0n) is 26.7. The predicted molar refractivity (Wildman–Crippen MR) is 202 cm³/mol. The molecule has 49 heavy (non-hydrogen) atoms. The fourth-order valence-electron chi connectivity index (χ4n) is 6.83. The third-order valence-corrected chi connectivity index (χ3v) is 9.13. The van der Waals surface area contributed by atoms with Crippen molar-refractivity contribution in [2.45, 2.75) is 0 Å². The highest BCUT2D eigenvalue weighted by Crippen LogP contribution is 2.49. The van der Waals surface area contributed by atoms with Gasteiger partial charge in [0, 0.05) is 17.3 Å². The minimum Gasteiger partial charge on any atom is -0.453 e. The van der Waals surface area contributed by atoms with Crippen molar-refractivity contribution in [1.82, 2.24) is 0 Å². The van der Waals surface area contributed by atoms with Gasteiger partial charge in [0.2, 0.25) is 0 Å². The van der Waals surface area contributed by atoms with Gasteiger partial charge in [-0.05, 0) is 75.7 Å². The summed E-state index contributed by atoms with van der Waals surface area (Å²) < 4.78 is 13.1. The van der Waals surface area contributed by atoms with Gasteiger partial charge >= 0.3 is 0 Å². The number of anilines is 3. The zero-order valence-corrected chi connectivity index (χ0v) is 26.7. The van der Waals surface area contributed by atoms with E-state index in [0.717, 1.165) is 56.0 Å². The second kappa shape index (κ2) is 12.2. The lowest BCUT2D eigenvalue weighted by atomic mass is 9.94. The van der Waals surface area contributed by atoms with Crippen molar-refractivity contribution in [3.63, 3.8) is 0 Å². The fourth-order valence-corrected chi connectivity index (χ4v) is 6.83. The van der Waals surface area contributed by atoms with Crippen LogP contribution in [0.4, 0.5) is 17.1 Å². The second-order valence-electron chi connectivity index (χ2n) is 12.1. The number of hydrogen-bond acceptors (Lipinski definition) is 3. The molecule has 9 rings (SSSR count). The summed E-state index contributed by atoms with van der Waals surface area (Å²) in [6.45, 7) is 0. The molecule has 0 bridgehead atoms. The molecule has 0 aromatic heterocycles. The van der Waals surface area contributed by atoms with Crippen molar-refractivity contribution in [2.24, 2.45) is 0 Å². The van der Waals surface area contributed by atoms with Gasteiger partial charge in [-0.25, -0.2) is 0 Å². The molecule has 1 heterocycles. The highest BCUT2D eigenvalue weighted by atomic mass is 16.5. The highest BCUT2D eigenvalue weighted by Gasteiger charge is 2.23. The van der Waals surface area contributed by atoms with E-state index in [-0.39, 0.29) is 0 Å². The van der Waals surface area contributed by atoms with Crippen molar-refractivity contribution in [3.05, 3.63) is 188 Å². The summed E-state index contributed by atoms with van der Waals surface area (Å²) in [6.07, 6.45) is 0. The lowest BCUT2D eigenvalue weighted by molar-refractivity contribution is 0.439. The number of rotatable bonds is 6. The van der Waals surface area contributed by atoms with E-state index in [4.69, 9.17) is 9.47 Å². The van der Waals surface area contributed by atoms with E-state index in [0.29, 0.717) is 11.5 Å². The van der Waals surface area contributed by atoms with Crippen molar-refractivity contribution in [2.75, 3.05) is 4.90 Å². The number of benzene rings is 8. The maximum atomic E-state index is 6.63. The van der Waals surface area contributed by atoms with Gasteiger partial charge in [-0.15, -0.1) is 0 Å². The average Bonchev–Trinajstić information content (AvgIpc) is 3.33. The molecule has 3 heteroatoms. The second-order valence-corrected chi connectivity index (χ2v) is 12.1. The summed E-state index contributed by atoms with van der Waals surface area (Å²) in [5.41, 5.74) is 10.1. The van der Waals surface area contributed by atoms with E-state index >= 15 is 0 Å². The SMILES string of the molecule is c1ccc(-c2ccccc2-c2ccc(N(c3ccc4c(c3)Oc3cccc5cccc(c35)O4)c3ccccc3-c3ccccc3)cc2)cc1. The Morgan fingerprint density at radius 3 is 1.49 bits per heavy atom. The summed E-state index contributed by atoms with van der Waals surface area (Å²) in [4.78, 5) is 2.30. The normalized spacial score (nSPS) is 11.6. The predicted octanol–water partition coefficient (Wildman–Crippen LogP) is 13.2. The molecule has 8 aromatic carbocycles. The van der Waals surface area contributed by atoms with E-state index < -0.39 is 0 Å².